The van der Waals surface area contributed by atoms with Crippen molar-refractivity contribution in [1.82, 2.24) is 0 Å². The van der Waals surface area contributed by atoms with Gasteiger partial charge in [0.15, 0.2) is 23.0 Å². The highest BCUT2D eigenvalue weighted by Crippen LogP contribution is 2.39. The zero-order valence-corrected chi connectivity index (χ0v) is 16.6. The van der Waals surface area contributed by atoms with E-state index in [9.17, 15) is 20.4 Å². The standard InChI is InChI=1S/C21H28O7/c1-13(7-14-5-6-16(23)17(8-14)26-2)21(25,12-22)11-15-9-18(27-3)20(24)19(10-15)28-4/h5-6,8-10,13,22-25H,7,11-12H2,1-4H3. The average molecular weight is 392 g/mol. The van der Waals surface area contributed by atoms with E-state index in [-0.39, 0.29) is 35.3 Å². The van der Waals surface area contributed by atoms with Crippen molar-refractivity contribution < 1.29 is 34.6 Å². The fourth-order valence-corrected chi connectivity index (χ4v) is 3.18. The van der Waals surface area contributed by atoms with Crippen LogP contribution in [0.25, 0.3) is 0 Å². The van der Waals surface area contributed by atoms with Gasteiger partial charge in [0.05, 0.1) is 33.5 Å². The molecule has 4 N–H and O–H groups in total. The summed E-state index contributed by atoms with van der Waals surface area (Å²) in [6.45, 7) is 1.39. The Labute approximate surface area is 164 Å². The van der Waals surface area contributed by atoms with Crippen LogP contribution in [0.4, 0.5) is 0 Å². The van der Waals surface area contributed by atoms with Crippen LogP contribution in [0.15, 0.2) is 30.3 Å². The van der Waals surface area contributed by atoms with Crippen molar-refractivity contribution in [1.29, 1.82) is 0 Å². The maximum atomic E-state index is 11.1. The number of aliphatic hydroxyl groups is 2. The molecule has 2 unspecified atom stereocenters. The molecule has 0 saturated carbocycles. The van der Waals surface area contributed by atoms with Gasteiger partial charge in [-0.3, -0.25) is 0 Å². The lowest BCUT2D eigenvalue weighted by atomic mass is 9.80. The smallest absolute Gasteiger partial charge is 0.200 e. The fourth-order valence-electron chi connectivity index (χ4n) is 3.18. The third-order valence-electron chi connectivity index (χ3n) is 5.03. The number of rotatable bonds is 9. The largest absolute Gasteiger partial charge is 0.504 e. The maximum Gasteiger partial charge on any atom is 0.200 e. The monoisotopic (exact) mass is 392 g/mol. The number of ether oxygens (including phenoxy) is 3. The second-order valence-corrected chi connectivity index (χ2v) is 6.90. The summed E-state index contributed by atoms with van der Waals surface area (Å²) >= 11 is 0. The SMILES string of the molecule is COc1cc(CC(C)C(O)(CO)Cc2cc(OC)c(O)c(OC)c2)ccc1O. The molecular weight excluding hydrogens is 364 g/mol. The topological polar surface area (TPSA) is 109 Å². The number of benzene rings is 2. The van der Waals surface area contributed by atoms with Crippen molar-refractivity contribution in [2.45, 2.75) is 25.4 Å². The molecule has 7 heteroatoms. The molecule has 2 aromatic rings. The molecule has 0 amide bonds. The summed E-state index contributed by atoms with van der Waals surface area (Å²) in [5.74, 6) is 0.407. The van der Waals surface area contributed by atoms with E-state index in [0.717, 1.165) is 5.56 Å². The van der Waals surface area contributed by atoms with Crippen molar-refractivity contribution in [2.75, 3.05) is 27.9 Å². The van der Waals surface area contributed by atoms with Gasteiger partial charge in [0, 0.05) is 6.42 Å². The van der Waals surface area contributed by atoms with Crippen LogP contribution >= 0.6 is 0 Å². The highest BCUT2D eigenvalue weighted by Gasteiger charge is 2.34. The third-order valence-corrected chi connectivity index (χ3v) is 5.03. The fraction of sp³-hybridized carbons (Fsp3) is 0.429. The van der Waals surface area contributed by atoms with Crippen molar-refractivity contribution >= 4 is 0 Å². The number of aromatic hydroxyl groups is 2. The van der Waals surface area contributed by atoms with Crippen molar-refractivity contribution in [3.05, 3.63) is 41.5 Å². The minimum absolute atomic E-state index is 0.0413. The van der Waals surface area contributed by atoms with Crippen molar-refractivity contribution in [3.8, 4) is 28.7 Å². The first kappa shape index (κ1) is 21.7. The molecule has 0 fully saturated rings. The predicted octanol–water partition coefficient (Wildman–Crippen LogP) is 2.27. The summed E-state index contributed by atoms with van der Waals surface area (Å²) in [4.78, 5) is 0. The molecule has 0 bridgehead atoms. The van der Waals surface area contributed by atoms with Gasteiger partial charge in [0.1, 0.15) is 0 Å². The number of hydrogen-bond donors (Lipinski definition) is 4. The van der Waals surface area contributed by atoms with Crippen LogP contribution in [-0.4, -0.2) is 54.0 Å². The Balaban J connectivity index is 2.26. The van der Waals surface area contributed by atoms with Gasteiger partial charge in [-0.1, -0.05) is 13.0 Å². The lowest BCUT2D eigenvalue weighted by molar-refractivity contribution is -0.0559. The minimum atomic E-state index is -1.42. The van der Waals surface area contributed by atoms with E-state index in [1.165, 1.54) is 27.4 Å². The zero-order chi connectivity index (χ0) is 20.9. The van der Waals surface area contributed by atoms with Crippen molar-refractivity contribution in [3.63, 3.8) is 0 Å². The first-order valence-corrected chi connectivity index (χ1v) is 8.91. The molecule has 0 aliphatic rings. The Morgan fingerprint density at radius 3 is 1.93 bits per heavy atom. The van der Waals surface area contributed by atoms with Crippen LogP contribution in [-0.2, 0) is 12.8 Å². The summed E-state index contributed by atoms with van der Waals surface area (Å²) in [5, 5.41) is 40.8. The van der Waals surface area contributed by atoms with Crippen LogP contribution in [0, 0.1) is 5.92 Å². The lowest BCUT2D eigenvalue weighted by Crippen LogP contribution is -2.43. The van der Waals surface area contributed by atoms with Gasteiger partial charge in [-0.05, 0) is 47.7 Å². The van der Waals surface area contributed by atoms with E-state index in [4.69, 9.17) is 14.2 Å². The van der Waals surface area contributed by atoms with Gasteiger partial charge in [0.2, 0.25) is 5.75 Å². The van der Waals surface area contributed by atoms with Crippen LogP contribution in [0.2, 0.25) is 0 Å². The molecule has 28 heavy (non-hydrogen) atoms. The number of phenols is 2. The van der Waals surface area contributed by atoms with Crippen LogP contribution in [0.1, 0.15) is 18.1 Å². The minimum Gasteiger partial charge on any atom is -0.504 e. The molecule has 0 heterocycles. The van der Waals surface area contributed by atoms with Gasteiger partial charge in [-0.25, -0.2) is 0 Å². The normalized spacial score (nSPS) is 14.2. The van der Waals surface area contributed by atoms with Gasteiger partial charge in [-0.2, -0.15) is 0 Å². The summed E-state index contributed by atoms with van der Waals surface area (Å²) in [6.07, 6.45) is 0.590. The molecule has 2 aromatic carbocycles. The van der Waals surface area contributed by atoms with Crippen LogP contribution < -0.4 is 14.2 Å². The van der Waals surface area contributed by atoms with Gasteiger partial charge in [0.25, 0.3) is 0 Å². The molecule has 0 radical (unpaired) electrons. The molecule has 0 aromatic heterocycles. The molecule has 2 rings (SSSR count). The Morgan fingerprint density at radius 2 is 1.43 bits per heavy atom. The number of aliphatic hydroxyl groups excluding tert-OH is 1. The van der Waals surface area contributed by atoms with Gasteiger partial charge in [-0.15, -0.1) is 0 Å². The molecule has 154 valence electrons. The molecule has 0 aliphatic heterocycles. The molecule has 0 saturated heterocycles. The van der Waals surface area contributed by atoms with Crippen molar-refractivity contribution in [2.24, 2.45) is 5.92 Å². The second kappa shape index (κ2) is 9.03. The quantitative estimate of drug-likeness (QED) is 0.518. The maximum absolute atomic E-state index is 11.1. The Hall–Kier alpha value is -2.64. The van der Waals surface area contributed by atoms with Crippen LogP contribution in [0.3, 0.4) is 0 Å². The van der Waals surface area contributed by atoms with E-state index in [1.54, 1.807) is 24.3 Å². The molecule has 0 spiro atoms. The van der Waals surface area contributed by atoms with E-state index in [1.807, 2.05) is 6.92 Å². The summed E-state index contributed by atoms with van der Waals surface area (Å²) in [6, 6.07) is 8.20. The highest BCUT2D eigenvalue weighted by molar-refractivity contribution is 5.53. The Bertz CT molecular complexity index is 780. The van der Waals surface area contributed by atoms with E-state index in [2.05, 4.69) is 0 Å². The molecule has 2 atom stereocenters. The number of hydrogen-bond acceptors (Lipinski definition) is 7. The van der Waals surface area contributed by atoms with E-state index >= 15 is 0 Å². The first-order chi connectivity index (χ1) is 13.3. The number of methoxy groups -OCH3 is 3. The molecule has 0 aliphatic carbocycles. The van der Waals surface area contributed by atoms with Crippen LogP contribution in [0.5, 0.6) is 28.7 Å². The highest BCUT2D eigenvalue weighted by atomic mass is 16.5. The first-order valence-electron chi connectivity index (χ1n) is 8.91. The van der Waals surface area contributed by atoms with E-state index in [0.29, 0.717) is 17.7 Å². The summed E-state index contributed by atoms with van der Waals surface area (Å²) < 4.78 is 15.4. The van der Waals surface area contributed by atoms with E-state index < -0.39 is 12.2 Å². The predicted molar refractivity (Wildman–Crippen MR) is 104 cm³/mol. The van der Waals surface area contributed by atoms with Gasteiger partial charge < -0.3 is 34.6 Å². The summed E-state index contributed by atoms with van der Waals surface area (Å²) in [5.41, 5.74) is 0.0889. The Kier molecular flexibility index (Phi) is 6.99. The molecule has 7 nitrogen and oxygen atoms in total. The molecular formula is C21H28O7. The number of phenolic OH excluding ortho intramolecular Hbond substituents is 2. The summed E-state index contributed by atoms with van der Waals surface area (Å²) in [7, 11) is 4.33. The Morgan fingerprint density at radius 1 is 0.893 bits per heavy atom. The zero-order valence-electron chi connectivity index (χ0n) is 16.6. The third kappa shape index (κ3) is 4.61. The average Bonchev–Trinajstić information content (AvgIpc) is 2.70. The second-order valence-electron chi connectivity index (χ2n) is 6.90. The lowest BCUT2D eigenvalue weighted by Gasteiger charge is -2.33. The van der Waals surface area contributed by atoms with Gasteiger partial charge >= 0.3 is 0 Å².